The highest BCUT2D eigenvalue weighted by atomic mass is 16.4. The van der Waals surface area contributed by atoms with E-state index in [4.69, 9.17) is 0 Å². The van der Waals surface area contributed by atoms with Crippen LogP contribution in [-0.4, -0.2) is 48.2 Å². The van der Waals surface area contributed by atoms with Gasteiger partial charge < -0.3 is 15.3 Å². The van der Waals surface area contributed by atoms with Crippen LogP contribution in [0.3, 0.4) is 0 Å². The summed E-state index contributed by atoms with van der Waals surface area (Å²) in [6, 6.07) is 9.02. The summed E-state index contributed by atoms with van der Waals surface area (Å²) in [6.45, 7) is 1.96. The largest absolute Gasteiger partial charge is 0.479 e. The lowest BCUT2D eigenvalue weighted by atomic mass is 9.68. The normalized spacial score (nSPS) is 22.9. The predicted octanol–water partition coefficient (Wildman–Crippen LogP) is 3.32. The number of carbonyl (C=O) groups is 2. The van der Waals surface area contributed by atoms with Gasteiger partial charge in [-0.3, -0.25) is 0 Å². The Labute approximate surface area is 167 Å². The van der Waals surface area contributed by atoms with Gasteiger partial charge >= 0.3 is 12.0 Å². The van der Waals surface area contributed by atoms with E-state index in [1.54, 1.807) is 10.7 Å². The lowest BCUT2D eigenvalue weighted by molar-refractivity contribution is -0.169. The molecule has 2 aliphatic rings. The van der Waals surface area contributed by atoms with Gasteiger partial charge in [0.2, 0.25) is 0 Å². The molecule has 4 heterocycles. The van der Waals surface area contributed by atoms with Gasteiger partial charge in [-0.1, -0.05) is 6.07 Å². The Balaban J connectivity index is 1.43. The molecule has 2 bridgehead atoms. The maximum atomic E-state index is 12.9. The fourth-order valence-corrected chi connectivity index (χ4v) is 4.64. The van der Waals surface area contributed by atoms with Gasteiger partial charge in [-0.05, 0) is 56.0 Å². The Bertz CT molecular complexity index is 1140. The number of piperidine rings is 1. The molecule has 0 unspecified atom stereocenters. The molecule has 0 saturated carbocycles. The van der Waals surface area contributed by atoms with Gasteiger partial charge in [0.05, 0.1) is 11.7 Å². The van der Waals surface area contributed by atoms with Gasteiger partial charge in [-0.15, -0.1) is 5.10 Å². The summed E-state index contributed by atoms with van der Waals surface area (Å²) in [5.41, 5.74) is 2.24. The van der Waals surface area contributed by atoms with Crippen LogP contribution in [0.15, 0.2) is 42.7 Å². The van der Waals surface area contributed by atoms with Crippen molar-refractivity contribution in [2.24, 2.45) is 0 Å². The van der Waals surface area contributed by atoms with E-state index in [0.29, 0.717) is 24.4 Å². The van der Waals surface area contributed by atoms with Gasteiger partial charge in [0.1, 0.15) is 5.54 Å². The second-order valence-corrected chi connectivity index (χ2v) is 7.88. The number of aromatic nitrogens is 3. The van der Waals surface area contributed by atoms with Crippen molar-refractivity contribution in [3.63, 3.8) is 0 Å². The van der Waals surface area contributed by atoms with Gasteiger partial charge in [0.15, 0.2) is 5.82 Å². The molecule has 0 aliphatic carbocycles. The minimum absolute atomic E-state index is 0.00394. The number of anilines is 1. The van der Waals surface area contributed by atoms with Crippen molar-refractivity contribution >= 4 is 23.2 Å². The molecule has 8 nitrogen and oxygen atoms in total. The molecule has 29 heavy (non-hydrogen) atoms. The second-order valence-electron chi connectivity index (χ2n) is 7.88. The smallest absolute Gasteiger partial charge is 0.329 e. The van der Waals surface area contributed by atoms with E-state index in [9.17, 15) is 14.7 Å². The van der Waals surface area contributed by atoms with Crippen LogP contribution >= 0.6 is 0 Å². The Morgan fingerprint density at radius 1 is 1.31 bits per heavy atom. The highest BCUT2D eigenvalue weighted by Gasteiger charge is 2.61. The zero-order chi connectivity index (χ0) is 20.2. The first-order valence-electron chi connectivity index (χ1n) is 9.73. The molecular formula is C21H21N5O3. The number of fused-ring (bicyclic) bond motifs is 3. The number of urea groups is 1. The number of aryl methyl sites for hydroxylation is 1. The van der Waals surface area contributed by atoms with Gasteiger partial charge in [-0.2, -0.15) is 0 Å². The first-order chi connectivity index (χ1) is 14.0. The molecule has 0 spiro atoms. The lowest BCUT2D eigenvalue weighted by Gasteiger charge is -2.59. The molecule has 5 rings (SSSR count). The number of nitrogens with zero attached hydrogens (tertiary/aromatic N) is 4. The number of rotatable bonds is 3. The van der Waals surface area contributed by atoms with Crippen LogP contribution in [0.5, 0.6) is 0 Å². The van der Waals surface area contributed by atoms with Gasteiger partial charge in [-0.25, -0.2) is 19.1 Å². The number of hydrogen-bond donors (Lipinski definition) is 2. The number of aliphatic carboxylic acids is 1. The predicted molar refractivity (Wildman–Crippen MR) is 107 cm³/mol. The van der Waals surface area contributed by atoms with Crippen LogP contribution in [0.4, 0.5) is 10.5 Å². The number of nitrogens with one attached hydrogen (secondary N) is 1. The maximum Gasteiger partial charge on any atom is 0.329 e. The standard InChI is InChI=1S/C21H21N5O3/c1-13-6-7-14(10-17(13)18-22-12-16-5-3-9-25(16)24-18)23-20(29)26-15-4-2-8-21(26,11-15)19(27)28/h3,5-7,9-10,12,15H,2,4,8,11H2,1H3,(H,23,29)(H,27,28)/t15-,21+/m0/s1. The molecule has 148 valence electrons. The first kappa shape index (κ1) is 17.7. The minimum atomic E-state index is -1.05. The summed E-state index contributed by atoms with van der Waals surface area (Å²) in [6.07, 6.45) is 6.36. The molecule has 2 N–H and O–H groups in total. The topological polar surface area (TPSA) is 99.8 Å². The van der Waals surface area contributed by atoms with Crippen molar-refractivity contribution in [2.75, 3.05) is 5.32 Å². The van der Waals surface area contributed by atoms with Crippen LogP contribution < -0.4 is 5.32 Å². The highest BCUT2D eigenvalue weighted by molar-refractivity contribution is 5.96. The van der Waals surface area contributed by atoms with Crippen LogP contribution in [0.1, 0.15) is 31.2 Å². The minimum Gasteiger partial charge on any atom is -0.479 e. The summed E-state index contributed by atoms with van der Waals surface area (Å²) in [5, 5.41) is 17.1. The molecule has 2 amide bonds. The summed E-state index contributed by atoms with van der Waals surface area (Å²) in [4.78, 5) is 30.7. The van der Waals surface area contributed by atoms with Crippen LogP contribution in [0.2, 0.25) is 0 Å². The van der Waals surface area contributed by atoms with Crippen molar-refractivity contribution in [2.45, 2.75) is 44.2 Å². The quantitative estimate of drug-likeness (QED) is 0.713. The van der Waals surface area contributed by atoms with E-state index in [0.717, 1.165) is 29.5 Å². The van der Waals surface area contributed by atoms with E-state index in [2.05, 4.69) is 15.4 Å². The third-order valence-electron chi connectivity index (χ3n) is 6.15. The van der Waals surface area contributed by atoms with Crippen LogP contribution in [0, 0.1) is 6.92 Å². The molecule has 2 atom stereocenters. The molecule has 3 aromatic rings. The SMILES string of the molecule is Cc1ccc(NC(=O)N2[C@H]3CCC[C@]2(C(=O)O)C3)cc1-c1ncc2cccn2n1. The first-order valence-corrected chi connectivity index (χ1v) is 9.73. The van der Waals surface area contributed by atoms with Crippen LogP contribution in [0.25, 0.3) is 16.9 Å². The maximum absolute atomic E-state index is 12.9. The highest BCUT2D eigenvalue weighted by Crippen LogP contribution is 2.47. The van der Waals surface area contributed by atoms with Crippen molar-refractivity contribution in [3.05, 3.63) is 48.3 Å². The van der Waals surface area contributed by atoms with Crippen molar-refractivity contribution < 1.29 is 14.7 Å². The molecular weight excluding hydrogens is 370 g/mol. The fraction of sp³-hybridized carbons (Fsp3) is 0.333. The van der Waals surface area contributed by atoms with Crippen molar-refractivity contribution in [1.29, 1.82) is 0 Å². The Kier molecular flexibility index (Phi) is 3.84. The van der Waals surface area contributed by atoms with E-state index in [1.807, 2.05) is 43.5 Å². The molecule has 2 aromatic heterocycles. The molecule has 2 fully saturated rings. The van der Waals surface area contributed by atoms with Crippen molar-refractivity contribution in [3.8, 4) is 11.4 Å². The Morgan fingerprint density at radius 3 is 2.97 bits per heavy atom. The molecule has 2 aliphatic heterocycles. The molecule has 0 radical (unpaired) electrons. The lowest BCUT2D eigenvalue weighted by Crippen LogP contribution is -2.74. The third kappa shape index (κ3) is 2.66. The van der Waals surface area contributed by atoms with E-state index in [-0.39, 0.29) is 12.1 Å². The summed E-state index contributed by atoms with van der Waals surface area (Å²) >= 11 is 0. The molecule has 1 aromatic carbocycles. The summed E-state index contributed by atoms with van der Waals surface area (Å²) < 4.78 is 1.75. The number of carbonyl (C=O) groups excluding carboxylic acids is 1. The Hall–Kier alpha value is -3.42. The third-order valence-corrected chi connectivity index (χ3v) is 6.15. The zero-order valence-electron chi connectivity index (χ0n) is 16.0. The number of carboxylic acids is 1. The number of carboxylic acid groups (broad SMARTS) is 1. The monoisotopic (exact) mass is 391 g/mol. The molecule has 2 saturated heterocycles. The van der Waals surface area contributed by atoms with Gasteiger partial charge in [0, 0.05) is 29.9 Å². The van der Waals surface area contributed by atoms with Gasteiger partial charge in [0.25, 0.3) is 0 Å². The summed E-state index contributed by atoms with van der Waals surface area (Å²) in [5.74, 6) is -0.355. The number of hydrogen-bond acceptors (Lipinski definition) is 4. The zero-order valence-corrected chi connectivity index (χ0v) is 16.0. The molecule has 8 heteroatoms. The number of amides is 2. The fourth-order valence-electron chi connectivity index (χ4n) is 4.64. The van der Waals surface area contributed by atoms with E-state index < -0.39 is 11.5 Å². The van der Waals surface area contributed by atoms with E-state index in [1.165, 1.54) is 4.90 Å². The second kappa shape index (κ2) is 6.30. The summed E-state index contributed by atoms with van der Waals surface area (Å²) in [7, 11) is 0. The number of benzene rings is 1. The average Bonchev–Trinajstić information content (AvgIpc) is 3.17. The van der Waals surface area contributed by atoms with Crippen molar-refractivity contribution in [1.82, 2.24) is 19.5 Å². The van der Waals surface area contributed by atoms with E-state index >= 15 is 0 Å². The Morgan fingerprint density at radius 2 is 2.17 bits per heavy atom. The van der Waals surface area contributed by atoms with Crippen LogP contribution in [-0.2, 0) is 4.79 Å². The average molecular weight is 391 g/mol.